The summed E-state index contributed by atoms with van der Waals surface area (Å²) in [6.07, 6.45) is 2.58. The SMILES string of the molecule is CCCCC(C)C(=O)N(c1cc(Br)sc1C(=O)OC)C(CO)CO. The molecule has 0 spiro atoms. The number of halogens is 1. The fourth-order valence-electron chi connectivity index (χ4n) is 2.36. The molecule has 0 radical (unpaired) electrons. The summed E-state index contributed by atoms with van der Waals surface area (Å²) in [5.41, 5.74) is 0.347. The van der Waals surface area contributed by atoms with Crippen LogP contribution in [0.4, 0.5) is 5.69 Å². The molecule has 1 aromatic heterocycles. The van der Waals surface area contributed by atoms with Crippen molar-refractivity contribution >= 4 is 44.8 Å². The number of carbonyl (C=O) groups is 2. The number of esters is 1. The first-order valence-corrected chi connectivity index (χ1v) is 9.44. The molecule has 0 aromatic carbocycles. The molecule has 2 N–H and O–H groups in total. The molecular formula is C16H24BrNO5S. The number of hydrogen-bond donors (Lipinski definition) is 2. The maximum absolute atomic E-state index is 12.9. The maximum Gasteiger partial charge on any atom is 0.350 e. The van der Waals surface area contributed by atoms with Gasteiger partial charge >= 0.3 is 5.97 Å². The highest BCUT2D eigenvalue weighted by Gasteiger charge is 2.32. The minimum atomic E-state index is -0.813. The quantitative estimate of drug-likeness (QED) is 0.598. The van der Waals surface area contributed by atoms with Crippen molar-refractivity contribution in [2.75, 3.05) is 25.2 Å². The molecule has 0 aliphatic rings. The van der Waals surface area contributed by atoms with E-state index in [2.05, 4.69) is 15.9 Å². The summed E-state index contributed by atoms with van der Waals surface area (Å²) in [5, 5.41) is 19.2. The topological polar surface area (TPSA) is 87.1 Å². The van der Waals surface area contributed by atoms with Crippen LogP contribution in [0.5, 0.6) is 0 Å². The fraction of sp³-hybridized carbons (Fsp3) is 0.625. The molecule has 8 heteroatoms. The summed E-state index contributed by atoms with van der Waals surface area (Å²) in [6.45, 7) is 3.05. The first-order valence-electron chi connectivity index (χ1n) is 7.83. The van der Waals surface area contributed by atoms with Gasteiger partial charge in [-0.25, -0.2) is 4.79 Å². The number of aliphatic hydroxyl groups is 2. The van der Waals surface area contributed by atoms with E-state index < -0.39 is 25.2 Å². The number of rotatable bonds is 9. The molecule has 6 nitrogen and oxygen atoms in total. The standard InChI is InChI=1S/C16H24BrNO5S/c1-4-5-6-10(2)15(21)18(11(8-19)9-20)12-7-13(17)24-14(12)16(22)23-3/h7,10-11,19-20H,4-6,8-9H2,1-3H3. The Balaban J connectivity index is 3.29. The van der Waals surface area contributed by atoms with E-state index in [1.165, 1.54) is 12.0 Å². The summed E-state index contributed by atoms with van der Waals surface area (Å²) >= 11 is 4.46. The van der Waals surface area contributed by atoms with Gasteiger partial charge in [0.1, 0.15) is 4.88 Å². The Hall–Kier alpha value is -0.960. The van der Waals surface area contributed by atoms with Crippen LogP contribution in [0.3, 0.4) is 0 Å². The van der Waals surface area contributed by atoms with Gasteiger partial charge in [-0.2, -0.15) is 0 Å². The van der Waals surface area contributed by atoms with Gasteiger partial charge in [-0.05, 0) is 28.4 Å². The molecule has 0 aliphatic carbocycles. The Morgan fingerprint density at radius 2 is 2.00 bits per heavy atom. The minimum Gasteiger partial charge on any atom is -0.465 e. The van der Waals surface area contributed by atoms with E-state index in [-0.39, 0.29) is 16.7 Å². The van der Waals surface area contributed by atoms with Crippen LogP contribution in [0, 0.1) is 5.92 Å². The number of ether oxygens (including phenoxy) is 1. The third-order valence-corrected chi connectivity index (χ3v) is 5.36. The lowest BCUT2D eigenvalue weighted by Crippen LogP contribution is -2.47. The predicted octanol–water partition coefficient (Wildman–Crippen LogP) is 2.81. The van der Waals surface area contributed by atoms with E-state index in [0.29, 0.717) is 15.9 Å². The van der Waals surface area contributed by atoms with Crippen LogP contribution in [0.1, 0.15) is 42.8 Å². The van der Waals surface area contributed by atoms with Crippen molar-refractivity contribution in [1.29, 1.82) is 0 Å². The number of aliphatic hydroxyl groups excluding tert-OH is 2. The molecule has 1 rings (SSSR count). The van der Waals surface area contributed by atoms with Crippen molar-refractivity contribution in [3.8, 4) is 0 Å². The van der Waals surface area contributed by atoms with Gasteiger partial charge in [-0.1, -0.05) is 26.7 Å². The summed E-state index contributed by atoms with van der Waals surface area (Å²) in [4.78, 5) is 26.5. The van der Waals surface area contributed by atoms with Crippen molar-refractivity contribution in [3.63, 3.8) is 0 Å². The number of nitrogens with zero attached hydrogens (tertiary/aromatic N) is 1. The molecule has 136 valence electrons. The summed E-state index contributed by atoms with van der Waals surface area (Å²) in [6, 6.07) is 0.825. The van der Waals surface area contributed by atoms with E-state index in [1.54, 1.807) is 6.07 Å². The van der Waals surface area contributed by atoms with E-state index in [1.807, 2.05) is 13.8 Å². The van der Waals surface area contributed by atoms with Crippen LogP contribution >= 0.6 is 27.3 Å². The largest absolute Gasteiger partial charge is 0.465 e. The zero-order valence-corrected chi connectivity index (χ0v) is 16.5. The summed E-state index contributed by atoms with van der Waals surface area (Å²) in [7, 11) is 1.27. The Bertz CT molecular complexity index is 559. The molecule has 0 bridgehead atoms. The first kappa shape index (κ1) is 21.1. The van der Waals surface area contributed by atoms with E-state index in [4.69, 9.17) is 4.74 Å². The van der Waals surface area contributed by atoms with Crippen molar-refractivity contribution in [2.24, 2.45) is 5.92 Å². The predicted molar refractivity (Wildman–Crippen MR) is 97.5 cm³/mol. The second-order valence-corrected chi connectivity index (χ2v) is 7.96. The van der Waals surface area contributed by atoms with Crippen molar-refractivity contribution in [1.82, 2.24) is 0 Å². The number of amides is 1. The lowest BCUT2D eigenvalue weighted by Gasteiger charge is -2.31. The minimum absolute atomic E-state index is 0.230. The lowest BCUT2D eigenvalue weighted by molar-refractivity contribution is -0.123. The van der Waals surface area contributed by atoms with Gasteiger partial charge in [0.2, 0.25) is 5.91 Å². The molecule has 1 unspecified atom stereocenters. The lowest BCUT2D eigenvalue weighted by atomic mass is 10.0. The van der Waals surface area contributed by atoms with Gasteiger partial charge in [-0.15, -0.1) is 11.3 Å². The van der Waals surface area contributed by atoms with Crippen molar-refractivity contribution in [2.45, 2.75) is 39.2 Å². The van der Waals surface area contributed by atoms with E-state index >= 15 is 0 Å². The zero-order chi connectivity index (χ0) is 18.3. The molecule has 1 aromatic rings. The number of hydrogen-bond acceptors (Lipinski definition) is 6. The molecule has 24 heavy (non-hydrogen) atoms. The number of methoxy groups -OCH3 is 1. The monoisotopic (exact) mass is 421 g/mol. The molecular weight excluding hydrogens is 398 g/mol. The highest BCUT2D eigenvalue weighted by atomic mass is 79.9. The Kier molecular flexibility index (Phi) is 8.90. The normalized spacial score (nSPS) is 12.3. The Labute approximate surface area is 154 Å². The van der Waals surface area contributed by atoms with Crippen LogP contribution in [0.2, 0.25) is 0 Å². The van der Waals surface area contributed by atoms with Crippen LogP contribution in [0.15, 0.2) is 9.85 Å². The summed E-state index contributed by atoms with van der Waals surface area (Å²) < 4.78 is 5.44. The molecule has 1 atom stereocenters. The van der Waals surface area contributed by atoms with Gasteiger partial charge in [0.15, 0.2) is 0 Å². The molecule has 0 aliphatic heterocycles. The average molecular weight is 422 g/mol. The Morgan fingerprint density at radius 3 is 2.50 bits per heavy atom. The van der Waals surface area contributed by atoms with Gasteiger partial charge in [-0.3, -0.25) is 4.79 Å². The third kappa shape index (κ3) is 5.02. The van der Waals surface area contributed by atoms with Crippen LogP contribution in [0.25, 0.3) is 0 Å². The van der Waals surface area contributed by atoms with E-state index in [9.17, 15) is 19.8 Å². The molecule has 1 amide bonds. The first-order chi connectivity index (χ1) is 11.4. The van der Waals surface area contributed by atoms with Crippen LogP contribution in [-0.4, -0.2) is 48.5 Å². The molecule has 0 saturated heterocycles. The molecule has 0 saturated carbocycles. The van der Waals surface area contributed by atoms with Crippen LogP contribution in [-0.2, 0) is 9.53 Å². The van der Waals surface area contributed by atoms with Gasteiger partial charge < -0.3 is 19.8 Å². The smallest absolute Gasteiger partial charge is 0.350 e. The Morgan fingerprint density at radius 1 is 1.38 bits per heavy atom. The average Bonchev–Trinajstić information content (AvgIpc) is 2.97. The number of carbonyl (C=O) groups excluding carboxylic acids is 2. The second kappa shape index (κ2) is 10.1. The molecule has 1 heterocycles. The molecule has 0 fully saturated rings. The highest BCUT2D eigenvalue weighted by Crippen LogP contribution is 2.36. The van der Waals surface area contributed by atoms with Crippen molar-refractivity contribution in [3.05, 3.63) is 14.7 Å². The zero-order valence-electron chi connectivity index (χ0n) is 14.1. The second-order valence-electron chi connectivity index (χ2n) is 5.53. The number of anilines is 1. The van der Waals surface area contributed by atoms with E-state index in [0.717, 1.165) is 24.2 Å². The van der Waals surface area contributed by atoms with Gasteiger partial charge in [0, 0.05) is 5.92 Å². The van der Waals surface area contributed by atoms with Crippen LogP contribution < -0.4 is 4.90 Å². The fourth-order valence-corrected chi connectivity index (χ4v) is 3.85. The van der Waals surface area contributed by atoms with Gasteiger partial charge in [0.05, 0.1) is 35.8 Å². The number of unbranched alkanes of at least 4 members (excludes halogenated alkanes) is 1. The maximum atomic E-state index is 12.9. The van der Waals surface area contributed by atoms with Gasteiger partial charge in [0.25, 0.3) is 0 Å². The third-order valence-electron chi connectivity index (χ3n) is 3.75. The number of thiophene rings is 1. The van der Waals surface area contributed by atoms with Crippen molar-refractivity contribution < 1.29 is 24.5 Å². The summed E-state index contributed by atoms with van der Waals surface area (Å²) in [5.74, 6) is -1.07. The highest BCUT2D eigenvalue weighted by molar-refractivity contribution is 9.11.